The maximum atomic E-state index is 12.2. The number of benzene rings is 1. The van der Waals surface area contributed by atoms with Crippen molar-refractivity contribution < 1.29 is 9.32 Å². The SMILES string of the molecule is CCC(CC)C(=O)N(C)CCc1noc(-c2ccc(C)cc2)n1. The average Bonchev–Trinajstić information content (AvgIpc) is 3.03. The molecule has 0 saturated heterocycles. The maximum absolute atomic E-state index is 12.2. The van der Waals surface area contributed by atoms with Crippen molar-refractivity contribution in [2.45, 2.75) is 40.0 Å². The first-order valence-electron chi connectivity index (χ1n) is 8.19. The molecule has 0 aliphatic carbocycles. The highest BCUT2D eigenvalue weighted by molar-refractivity contribution is 5.78. The van der Waals surface area contributed by atoms with Gasteiger partial charge < -0.3 is 9.42 Å². The Kier molecular flexibility index (Phi) is 5.90. The van der Waals surface area contributed by atoms with Gasteiger partial charge in [-0.3, -0.25) is 4.79 Å². The Bertz CT molecular complexity index is 630. The molecule has 0 unspecified atom stereocenters. The zero-order chi connectivity index (χ0) is 16.8. The molecule has 1 aromatic carbocycles. The summed E-state index contributed by atoms with van der Waals surface area (Å²) >= 11 is 0. The lowest BCUT2D eigenvalue weighted by Gasteiger charge is -2.21. The van der Waals surface area contributed by atoms with Crippen LogP contribution in [-0.2, 0) is 11.2 Å². The third kappa shape index (κ3) is 4.41. The Balaban J connectivity index is 1.94. The Morgan fingerprint density at radius 2 is 1.87 bits per heavy atom. The lowest BCUT2D eigenvalue weighted by atomic mass is 10.0. The zero-order valence-electron chi connectivity index (χ0n) is 14.4. The van der Waals surface area contributed by atoms with Gasteiger partial charge in [0.05, 0.1) is 0 Å². The van der Waals surface area contributed by atoms with Crippen molar-refractivity contribution in [3.05, 3.63) is 35.7 Å². The number of hydrogen-bond acceptors (Lipinski definition) is 4. The molecule has 0 fully saturated rings. The zero-order valence-corrected chi connectivity index (χ0v) is 14.4. The van der Waals surface area contributed by atoms with Crippen LogP contribution in [0.4, 0.5) is 0 Å². The highest BCUT2D eigenvalue weighted by Crippen LogP contribution is 2.18. The molecule has 0 radical (unpaired) electrons. The summed E-state index contributed by atoms with van der Waals surface area (Å²) in [5.41, 5.74) is 2.10. The van der Waals surface area contributed by atoms with E-state index < -0.39 is 0 Å². The third-order valence-corrected chi connectivity index (χ3v) is 4.15. The van der Waals surface area contributed by atoms with E-state index in [0.717, 1.165) is 18.4 Å². The first kappa shape index (κ1) is 17.2. The number of aromatic nitrogens is 2. The molecule has 0 spiro atoms. The Labute approximate surface area is 137 Å². The first-order valence-corrected chi connectivity index (χ1v) is 8.19. The van der Waals surface area contributed by atoms with E-state index in [1.807, 2.05) is 52.1 Å². The summed E-state index contributed by atoms with van der Waals surface area (Å²) in [6.07, 6.45) is 2.34. The maximum Gasteiger partial charge on any atom is 0.257 e. The van der Waals surface area contributed by atoms with Gasteiger partial charge in [0, 0.05) is 31.5 Å². The number of amides is 1. The fourth-order valence-corrected chi connectivity index (χ4v) is 2.50. The van der Waals surface area contributed by atoms with Gasteiger partial charge >= 0.3 is 0 Å². The summed E-state index contributed by atoms with van der Waals surface area (Å²) in [5.74, 6) is 1.45. The Hall–Kier alpha value is -2.17. The van der Waals surface area contributed by atoms with E-state index in [0.29, 0.717) is 24.7 Å². The third-order valence-electron chi connectivity index (χ3n) is 4.15. The number of aryl methyl sites for hydroxylation is 1. The molecule has 1 amide bonds. The van der Waals surface area contributed by atoms with Crippen molar-refractivity contribution in [1.82, 2.24) is 15.0 Å². The van der Waals surface area contributed by atoms with Gasteiger partial charge in [0.25, 0.3) is 5.89 Å². The summed E-state index contributed by atoms with van der Waals surface area (Å²) in [6.45, 7) is 6.73. The van der Waals surface area contributed by atoms with Crippen LogP contribution in [0, 0.1) is 12.8 Å². The van der Waals surface area contributed by atoms with Crippen molar-refractivity contribution in [3.8, 4) is 11.5 Å². The predicted molar refractivity (Wildman–Crippen MR) is 89.9 cm³/mol. The lowest BCUT2D eigenvalue weighted by molar-refractivity contribution is -0.134. The first-order chi connectivity index (χ1) is 11.0. The molecule has 23 heavy (non-hydrogen) atoms. The Morgan fingerprint density at radius 1 is 1.22 bits per heavy atom. The van der Waals surface area contributed by atoms with Gasteiger partial charge in [-0.15, -0.1) is 0 Å². The highest BCUT2D eigenvalue weighted by Gasteiger charge is 2.19. The summed E-state index contributed by atoms with van der Waals surface area (Å²) in [4.78, 5) is 18.4. The average molecular weight is 315 g/mol. The van der Waals surface area contributed by atoms with Crippen molar-refractivity contribution in [2.75, 3.05) is 13.6 Å². The van der Waals surface area contributed by atoms with Crippen LogP contribution < -0.4 is 0 Å². The summed E-state index contributed by atoms with van der Waals surface area (Å²) in [6, 6.07) is 7.97. The van der Waals surface area contributed by atoms with Crippen molar-refractivity contribution in [3.63, 3.8) is 0 Å². The van der Waals surface area contributed by atoms with Crippen LogP contribution >= 0.6 is 0 Å². The molecule has 5 nitrogen and oxygen atoms in total. The molecule has 2 rings (SSSR count). The van der Waals surface area contributed by atoms with Gasteiger partial charge in [0.1, 0.15) is 0 Å². The van der Waals surface area contributed by atoms with Crippen LogP contribution in [-0.4, -0.2) is 34.5 Å². The largest absolute Gasteiger partial charge is 0.345 e. The smallest absolute Gasteiger partial charge is 0.257 e. The summed E-state index contributed by atoms with van der Waals surface area (Å²) in [7, 11) is 1.83. The van der Waals surface area contributed by atoms with Crippen LogP contribution in [0.15, 0.2) is 28.8 Å². The van der Waals surface area contributed by atoms with E-state index in [1.54, 1.807) is 4.90 Å². The molecule has 0 N–H and O–H groups in total. The molecule has 1 aromatic heterocycles. The number of rotatable bonds is 7. The van der Waals surface area contributed by atoms with Crippen LogP contribution in [0.1, 0.15) is 38.1 Å². The second-order valence-corrected chi connectivity index (χ2v) is 5.90. The monoisotopic (exact) mass is 315 g/mol. The summed E-state index contributed by atoms with van der Waals surface area (Å²) < 4.78 is 5.31. The van der Waals surface area contributed by atoms with Gasteiger partial charge in [-0.1, -0.05) is 36.7 Å². The van der Waals surface area contributed by atoms with Gasteiger partial charge in [-0.2, -0.15) is 4.98 Å². The van der Waals surface area contributed by atoms with E-state index in [-0.39, 0.29) is 11.8 Å². The number of nitrogens with zero attached hydrogens (tertiary/aromatic N) is 3. The van der Waals surface area contributed by atoms with E-state index in [2.05, 4.69) is 10.1 Å². The Morgan fingerprint density at radius 3 is 2.48 bits per heavy atom. The normalized spacial score (nSPS) is 11.0. The van der Waals surface area contributed by atoms with Crippen molar-refractivity contribution >= 4 is 5.91 Å². The molecule has 5 heteroatoms. The molecule has 0 saturated carbocycles. The van der Waals surface area contributed by atoms with Crippen LogP contribution in [0.5, 0.6) is 0 Å². The molecule has 0 aliphatic rings. The number of hydrogen-bond donors (Lipinski definition) is 0. The molecule has 0 aliphatic heterocycles. The molecule has 124 valence electrons. The molecular formula is C18H25N3O2. The summed E-state index contributed by atoms with van der Waals surface area (Å²) in [5, 5.41) is 4.01. The number of carbonyl (C=O) groups excluding carboxylic acids is 1. The number of carbonyl (C=O) groups is 1. The van der Waals surface area contributed by atoms with Crippen LogP contribution in [0.2, 0.25) is 0 Å². The van der Waals surface area contributed by atoms with Gasteiger partial charge in [0.2, 0.25) is 5.91 Å². The van der Waals surface area contributed by atoms with Crippen LogP contribution in [0.25, 0.3) is 11.5 Å². The van der Waals surface area contributed by atoms with Crippen molar-refractivity contribution in [2.24, 2.45) is 5.92 Å². The minimum atomic E-state index is 0.105. The van der Waals surface area contributed by atoms with E-state index >= 15 is 0 Å². The fraction of sp³-hybridized carbons (Fsp3) is 0.500. The van der Waals surface area contributed by atoms with E-state index in [9.17, 15) is 4.79 Å². The molecule has 1 heterocycles. The van der Waals surface area contributed by atoms with Crippen LogP contribution in [0.3, 0.4) is 0 Å². The molecular weight excluding hydrogens is 290 g/mol. The predicted octanol–water partition coefficient (Wildman–Crippen LogP) is 3.48. The van der Waals surface area contributed by atoms with E-state index in [4.69, 9.17) is 4.52 Å². The highest BCUT2D eigenvalue weighted by atomic mass is 16.5. The van der Waals surface area contributed by atoms with Crippen molar-refractivity contribution in [1.29, 1.82) is 0 Å². The molecule has 0 atom stereocenters. The van der Waals surface area contributed by atoms with Gasteiger partial charge in [-0.25, -0.2) is 0 Å². The number of likely N-dealkylation sites (N-methyl/N-ethyl adjacent to an activating group) is 1. The minimum absolute atomic E-state index is 0.105. The molecule has 2 aromatic rings. The standard InChI is InChI=1S/C18H25N3O2/c1-5-14(6-2)18(22)21(4)12-11-16-19-17(23-20-16)15-9-7-13(3)8-10-15/h7-10,14H,5-6,11-12H2,1-4H3. The topological polar surface area (TPSA) is 59.2 Å². The van der Waals surface area contributed by atoms with Gasteiger partial charge in [-0.05, 0) is 31.9 Å². The minimum Gasteiger partial charge on any atom is -0.345 e. The van der Waals surface area contributed by atoms with E-state index in [1.165, 1.54) is 5.56 Å². The second kappa shape index (κ2) is 7.90. The lowest BCUT2D eigenvalue weighted by Crippen LogP contribution is -2.34. The van der Waals surface area contributed by atoms with Gasteiger partial charge in [0.15, 0.2) is 5.82 Å². The second-order valence-electron chi connectivity index (χ2n) is 5.90. The molecule has 0 bridgehead atoms. The quantitative estimate of drug-likeness (QED) is 0.785. The fourth-order valence-electron chi connectivity index (χ4n) is 2.50.